The number of rotatable bonds is 6. The molecule has 0 fully saturated rings. The van der Waals surface area contributed by atoms with Gasteiger partial charge in [0.15, 0.2) is 0 Å². The number of amides is 1. The van der Waals surface area contributed by atoms with Gasteiger partial charge in [-0.1, -0.05) is 30.3 Å². The summed E-state index contributed by atoms with van der Waals surface area (Å²) in [4.78, 5) is 19.1. The molecule has 1 amide bonds. The lowest BCUT2D eigenvalue weighted by Crippen LogP contribution is -2.29. The number of fused-ring (bicyclic) bond motifs is 1. The van der Waals surface area contributed by atoms with Crippen molar-refractivity contribution in [2.75, 3.05) is 11.8 Å². The number of aromatic nitrogens is 1. The summed E-state index contributed by atoms with van der Waals surface area (Å²) in [6.45, 7) is 1.87. The summed E-state index contributed by atoms with van der Waals surface area (Å²) in [5.74, 6) is -1.03. The van der Waals surface area contributed by atoms with Crippen molar-refractivity contribution in [3.05, 3.63) is 89.2 Å². The number of nitrogens with zero attached hydrogens (tertiary/aromatic N) is 2. The van der Waals surface area contributed by atoms with Gasteiger partial charge in [0, 0.05) is 12.6 Å². The average molecular weight is 470 g/mol. The monoisotopic (exact) mass is 469 g/mol. The van der Waals surface area contributed by atoms with Gasteiger partial charge in [-0.15, -0.1) is 11.3 Å². The van der Waals surface area contributed by atoms with Crippen LogP contribution in [0.1, 0.15) is 28.3 Å². The number of sulfonamides is 1. The van der Waals surface area contributed by atoms with Gasteiger partial charge in [0.05, 0.1) is 26.8 Å². The largest absolute Gasteiger partial charge is 0.333 e. The summed E-state index contributed by atoms with van der Waals surface area (Å²) >= 11 is 1.51. The van der Waals surface area contributed by atoms with Crippen molar-refractivity contribution in [1.29, 1.82) is 0 Å². The third kappa shape index (κ3) is 4.35. The highest BCUT2D eigenvalue weighted by molar-refractivity contribution is 7.92. The number of hydrogen-bond donors (Lipinski definition) is 1. The van der Waals surface area contributed by atoms with Crippen molar-refractivity contribution in [3.63, 3.8) is 0 Å². The molecule has 0 unspecified atom stereocenters. The predicted molar refractivity (Wildman–Crippen MR) is 124 cm³/mol. The zero-order valence-corrected chi connectivity index (χ0v) is 19.0. The van der Waals surface area contributed by atoms with E-state index in [0.717, 1.165) is 21.3 Å². The first-order valence-electron chi connectivity index (χ1n) is 9.76. The standard InChI is InChI=1S/C23H20FN3O3S2/c1-15(22-25-20-12-5-6-13-21(20)31-22)27(2)23(28)16-8-7-9-17(14-16)32(29,30)26-19-11-4-3-10-18(19)24/h3-15,26H,1-2H3/t15-/m1/s1. The molecule has 4 rings (SSSR count). The molecule has 1 aromatic heterocycles. The topological polar surface area (TPSA) is 79.4 Å². The second-order valence-corrected chi connectivity index (χ2v) is 9.97. The highest BCUT2D eigenvalue weighted by Crippen LogP contribution is 2.30. The third-order valence-corrected chi connectivity index (χ3v) is 7.65. The highest BCUT2D eigenvalue weighted by Gasteiger charge is 2.24. The molecule has 4 aromatic rings. The Labute approximate surface area is 189 Å². The summed E-state index contributed by atoms with van der Waals surface area (Å²) in [6.07, 6.45) is 0. The number of halogens is 1. The molecule has 0 bridgehead atoms. The van der Waals surface area contributed by atoms with E-state index in [1.165, 1.54) is 52.6 Å². The molecule has 32 heavy (non-hydrogen) atoms. The molecule has 164 valence electrons. The second-order valence-electron chi connectivity index (χ2n) is 7.23. The van der Waals surface area contributed by atoms with Crippen LogP contribution in [-0.4, -0.2) is 31.3 Å². The molecule has 0 saturated carbocycles. The molecular weight excluding hydrogens is 449 g/mol. The van der Waals surface area contributed by atoms with Gasteiger partial charge in [0.1, 0.15) is 10.8 Å². The van der Waals surface area contributed by atoms with Crippen molar-refractivity contribution < 1.29 is 17.6 Å². The zero-order chi connectivity index (χ0) is 22.9. The Morgan fingerprint density at radius 1 is 1.06 bits per heavy atom. The Morgan fingerprint density at radius 3 is 2.53 bits per heavy atom. The smallest absolute Gasteiger partial charge is 0.262 e. The van der Waals surface area contributed by atoms with Gasteiger partial charge in [0.2, 0.25) is 0 Å². The van der Waals surface area contributed by atoms with E-state index in [1.807, 2.05) is 31.2 Å². The lowest BCUT2D eigenvalue weighted by molar-refractivity contribution is 0.0742. The van der Waals surface area contributed by atoms with Crippen LogP contribution in [0.5, 0.6) is 0 Å². The highest BCUT2D eigenvalue weighted by atomic mass is 32.2. The maximum atomic E-state index is 13.9. The number of anilines is 1. The molecule has 0 saturated heterocycles. The van der Waals surface area contributed by atoms with Crippen LogP contribution in [0.4, 0.5) is 10.1 Å². The Morgan fingerprint density at radius 2 is 1.78 bits per heavy atom. The average Bonchev–Trinajstić information content (AvgIpc) is 3.23. The van der Waals surface area contributed by atoms with Gasteiger partial charge in [-0.3, -0.25) is 9.52 Å². The van der Waals surface area contributed by atoms with Crippen LogP contribution in [0.2, 0.25) is 0 Å². The van der Waals surface area contributed by atoms with E-state index < -0.39 is 15.8 Å². The van der Waals surface area contributed by atoms with Gasteiger partial charge in [-0.05, 0) is 49.4 Å². The molecule has 3 aromatic carbocycles. The number of carbonyl (C=O) groups excluding carboxylic acids is 1. The van der Waals surface area contributed by atoms with E-state index in [1.54, 1.807) is 13.1 Å². The molecule has 1 heterocycles. The first-order valence-corrected chi connectivity index (χ1v) is 12.1. The molecule has 0 aliphatic heterocycles. The summed E-state index contributed by atoms with van der Waals surface area (Å²) in [5, 5.41) is 0.784. The lowest BCUT2D eigenvalue weighted by Gasteiger charge is -2.23. The van der Waals surface area contributed by atoms with Crippen LogP contribution < -0.4 is 4.72 Å². The molecule has 1 atom stereocenters. The summed E-state index contributed by atoms with van der Waals surface area (Å²) < 4.78 is 42.6. The molecule has 0 aliphatic carbocycles. The third-order valence-electron chi connectivity index (χ3n) is 5.08. The van der Waals surface area contributed by atoms with Crippen molar-refractivity contribution >= 4 is 43.2 Å². The number of carbonyl (C=O) groups is 1. The molecular formula is C23H20FN3O3S2. The maximum absolute atomic E-state index is 13.9. The Balaban J connectivity index is 1.58. The quantitative estimate of drug-likeness (QED) is 0.428. The molecule has 0 radical (unpaired) electrons. The van der Waals surface area contributed by atoms with Gasteiger partial charge < -0.3 is 4.90 Å². The number of nitrogens with one attached hydrogen (secondary N) is 1. The zero-order valence-electron chi connectivity index (χ0n) is 17.3. The van der Waals surface area contributed by atoms with Gasteiger partial charge in [-0.25, -0.2) is 17.8 Å². The van der Waals surface area contributed by atoms with Gasteiger partial charge in [0.25, 0.3) is 15.9 Å². The molecule has 0 spiro atoms. The van der Waals surface area contributed by atoms with E-state index in [-0.39, 0.29) is 28.1 Å². The van der Waals surface area contributed by atoms with Crippen molar-refractivity contribution in [1.82, 2.24) is 9.88 Å². The van der Waals surface area contributed by atoms with Crippen LogP contribution in [0.3, 0.4) is 0 Å². The van der Waals surface area contributed by atoms with E-state index in [2.05, 4.69) is 9.71 Å². The van der Waals surface area contributed by atoms with Crippen molar-refractivity contribution in [2.45, 2.75) is 17.9 Å². The fourth-order valence-corrected chi connectivity index (χ4v) is 5.33. The number of benzene rings is 3. The molecule has 9 heteroatoms. The summed E-state index contributed by atoms with van der Waals surface area (Å²) in [6, 6.07) is 18.6. The van der Waals surface area contributed by atoms with Gasteiger partial charge in [-0.2, -0.15) is 0 Å². The minimum atomic E-state index is -4.08. The Kier molecular flexibility index (Phi) is 5.94. The normalized spacial score (nSPS) is 12.5. The lowest BCUT2D eigenvalue weighted by atomic mass is 10.2. The number of para-hydroxylation sites is 2. The van der Waals surface area contributed by atoms with Crippen LogP contribution in [-0.2, 0) is 10.0 Å². The molecule has 0 aliphatic rings. The van der Waals surface area contributed by atoms with Gasteiger partial charge >= 0.3 is 0 Å². The van der Waals surface area contributed by atoms with E-state index in [0.29, 0.717) is 0 Å². The van der Waals surface area contributed by atoms with E-state index in [9.17, 15) is 17.6 Å². The SMILES string of the molecule is C[C@H](c1nc2ccccc2s1)N(C)C(=O)c1cccc(S(=O)(=O)Nc2ccccc2F)c1. The molecule has 1 N–H and O–H groups in total. The fourth-order valence-electron chi connectivity index (χ4n) is 3.16. The molecule has 6 nitrogen and oxygen atoms in total. The van der Waals surface area contributed by atoms with Crippen LogP contribution in [0, 0.1) is 5.82 Å². The van der Waals surface area contributed by atoms with Crippen molar-refractivity contribution in [3.8, 4) is 0 Å². The predicted octanol–water partition coefficient (Wildman–Crippen LogP) is 5.07. The minimum absolute atomic E-state index is 0.132. The summed E-state index contributed by atoms with van der Waals surface area (Å²) in [5.41, 5.74) is 0.912. The van der Waals surface area contributed by atoms with Crippen LogP contribution in [0.15, 0.2) is 77.7 Å². The van der Waals surface area contributed by atoms with Crippen LogP contribution >= 0.6 is 11.3 Å². The minimum Gasteiger partial charge on any atom is -0.333 e. The second kappa shape index (κ2) is 8.68. The Hall–Kier alpha value is -3.30. The first-order chi connectivity index (χ1) is 15.3. The van der Waals surface area contributed by atoms with Crippen LogP contribution in [0.25, 0.3) is 10.2 Å². The number of hydrogen-bond acceptors (Lipinski definition) is 5. The maximum Gasteiger partial charge on any atom is 0.262 e. The number of thiazole rings is 1. The Bertz CT molecular complexity index is 1370. The van der Waals surface area contributed by atoms with E-state index >= 15 is 0 Å². The van der Waals surface area contributed by atoms with E-state index in [4.69, 9.17) is 0 Å². The summed E-state index contributed by atoms with van der Waals surface area (Å²) in [7, 11) is -2.43. The van der Waals surface area contributed by atoms with Crippen molar-refractivity contribution in [2.24, 2.45) is 0 Å². The fraction of sp³-hybridized carbons (Fsp3) is 0.130. The first kappa shape index (κ1) is 21.9.